The van der Waals surface area contributed by atoms with Gasteiger partial charge in [0.25, 0.3) is 0 Å². The van der Waals surface area contributed by atoms with Crippen LogP contribution in [0.15, 0.2) is 35.7 Å². The second kappa shape index (κ2) is 5.00. The van der Waals surface area contributed by atoms with Crippen molar-refractivity contribution < 1.29 is 9.47 Å². The molecular formula is C14H15NO2S. The van der Waals surface area contributed by atoms with E-state index in [0.717, 1.165) is 24.3 Å². The molecule has 1 atom stereocenters. The third kappa shape index (κ3) is 2.35. The lowest BCUT2D eigenvalue weighted by Gasteiger charge is -2.09. The zero-order chi connectivity index (χ0) is 12.4. The van der Waals surface area contributed by atoms with Crippen molar-refractivity contribution in [2.24, 2.45) is 5.73 Å². The highest BCUT2D eigenvalue weighted by molar-refractivity contribution is 7.10. The summed E-state index contributed by atoms with van der Waals surface area (Å²) in [6.07, 6.45) is 1.90. The third-order valence-electron chi connectivity index (χ3n) is 3.09. The van der Waals surface area contributed by atoms with Crippen molar-refractivity contribution in [1.29, 1.82) is 0 Å². The van der Waals surface area contributed by atoms with Crippen molar-refractivity contribution in [3.63, 3.8) is 0 Å². The molecule has 0 bridgehead atoms. The fraction of sp³-hybridized carbons (Fsp3) is 0.286. The molecule has 3 rings (SSSR count). The number of hydrogen-bond donors (Lipinski definition) is 1. The average molecular weight is 261 g/mol. The molecule has 1 aliphatic rings. The van der Waals surface area contributed by atoms with Crippen LogP contribution in [-0.4, -0.2) is 6.79 Å². The smallest absolute Gasteiger partial charge is 0.231 e. The van der Waals surface area contributed by atoms with Gasteiger partial charge in [-0.2, -0.15) is 0 Å². The van der Waals surface area contributed by atoms with Gasteiger partial charge >= 0.3 is 0 Å². The van der Waals surface area contributed by atoms with Gasteiger partial charge < -0.3 is 15.2 Å². The SMILES string of the molecule is NC(CCc1ccc2c(c1)OCO2)c1cccs1. The summed E-state index contributed by atoms with van der Waals surface area (Å²) in [6, 6.07) is 10.3. The molecule has 94 valence electrons. The summed E-state index contributed by atoms with van der Waals surface area (Å²) in [5.41, 5.74) is 7.40. The summed E-state index contributed by atoms with van der Waals surface area (Å²) in [7, 11) is 0. The molecule has 2 heterocycles. The van der Waals surface area contributed by atoms with Gasteiger partial charge in [-0.25, -0.2) is 0 Å². The van der Waals surface area contributed by atoms with E-state index in [1.807, 2.05) is 18.2 Å². The van der Waals surface area contributed by atoms with Crippen molar-refractivity contribution in [2.45, 2.75) is 18.9 Å². The summed E-state index contributed by atoms with van der Waals surface area (Å²) in [4.78, 5) is 1.25. The van der Waals surface area contributed by atoms with Crippen LogP contribution >= 0.6 is 11.3 Å². The number of nitrogens with two attached hydrogens (primary N) is 1. The van der Waals surface area contributed by atoms with Crippen molar-refractivity contribution >= 4 is 11.3 Å². The fourth-order valence-electron chi connectivity index (χ4n) is 2.06. The lowest BCUT2D eigenvalue weighted by molar-refractivity contribution is 0.174. The largest absolute Gasteiger partial charge is 0.454 e. The number of fused-ring (bicyclic) bond motifs is 1. The van der Waals surface area contributed by atoms with E-state index in [9.17, 15) is 0 Å². The molecule has 0 amide bonds. The Morgan fingerprint density at radius 2 is 2.11 bits per heavy atom. The molecule has 2 aromatic rings. The van der Waals surface area contributed by atoms with Gasteiger partial charge in [0.05, 0.1) is 0 Å². The first kappa shape index (κ1) is 11.6. The van der Waals surface area contributed by atoms with Gasteiger partial charge in [0.1, 0.15) is 0 Å². The molecule has 18 heavy (non-hydrogen) atoms. The van der Waals surface area contributed by atoms with E-state index in [0.29, 0.717) is 6.79 Å². The Kier molecular flexibility index (Phi) is 3.21. The molecule has 4 heteroatoms. The van der Waals surface area contributed by atoms with Crippen LogP contribution in [0.3, 0.4) is 0 Å². The zero-order valence-corrected chi connectivity index (χ0v) is 10.8. The summed E-state index contributed by atoms with van der Waals surface area (Å²) < 4.78 is 10.7. The van der Waals surface area contributed by atoms with E-state index >= 15 is 0 Å². The van der Waals surface area contributed by atoms with Crippen LogP contribution < -0.4 is 15.2 Å². The molecule has 2 N–H and O–H groups in total. The van der Waals surface area contributed by atoms with Crippen molar-refractivity contribution in [3.8, 4) is 11.5 Å². The maximum Gasteiger partial charge on any atom is 0.231 e. The number of rotatable bonds is 4. The summed E-state index contributed by atoms with van der Waals surface area (Å²) in [5, 5.41) is 2.07. The summed E-state index contributed by atoms with van der Waals surface area (Å²) in [6.45, 7) is 0.327. The zero-order valence-electron chi connectivity index (χ0n) is 9.96. The molecule has 0 aliphatic carbocycles. The highest BCUT2D eigenvalue weighted by atomic mass is 32.1. The standard InChI is InChI=1S/C14H15NO2S/c15-11(14-2-1-7-18-14)5-3-10-4-6-12-13(8-10)17-9-16-12/h1-2,4,6-8,11H,3,5,9,15H2. The normalized spacial score (nSPS) is 14.7. The second-order valence-electron chi connectivity index (χ2n) is 4.35. The van der Waals surface area contributed by atoms with Crippen LogP contribution in [-0.2, 0) is 6.42 Å². The number of aryl methyl sites for hydroxylation is 1. The Hall–Kier alpha value is -1.52. The quantitative estimate of drug-likeness (QED) is 0.919. The van der Waals surface area contributed by atoms with E-state index in [2.05, 4.69) is 17.5 Å². The minimum Gasteiger partial charge on any atom is -0.454 e. The summed E-state index contributed by atoms with van der Waals surface area (Å²) >= 11 is 1.72. The molecule has 0 saturated carbocycles. The maximum atomic E-state index is 6.15. The van der Waals surface area contributed by atoms with Crippen LogP contribution in [0.5, 0.6) is 11.5 Å². The topological polar surface area (TPSA) is 44.5 Å². The van der Waals surface area contributed by atoms with Gasteiger partial charge in [-0.1, -0.05) is 12.1 Å². The Balaban J connectivity index is 1.63. The van der Waals surface area contributed by atoms with E-state index in [1.165, 1.54) is 10.4 Å². The van der Waals surface area contributed by atoms with E-state index in [-0.39, 0.29) is 6.04 Å². The lowest BCUT2D eigenvalue weighted by atomic mass is 10.0. The van der Waals surface area contributed by atoms with E-state index in [1.54, 1.807) is 11.3 Å². The molecule has 1 aromatic carbocycles. The minimum absolute atomic E-state index is 0.121. The average Bonchev–Trinajstić information content (AvgIpc) is 3.05. The van der Waals surface area contributed by atoms with Gasteiger partial charge in [-0.3, -0.25) is 0 Å². The van der Waals surface area contributed by atoms with Crippen molar-refractivity contribution in [3.05, 3.63) is 46.2 Å². The van der Waals surface area contributed by atoms with Crippen LogP contribution in [0.4, 0.5) is 0 Å². The Morgan fingerprint density at radius 1 is 1.22 bits per heavy atom. The molecule has 1 aromatic heterocycles. The highest BCUT2D eigenvalue weighted by Crippen LogP contribution is 2.33. The molecule has 0 spiro atoms. The number of ether oxygens (including phenoxy) is 2. The number of hydrogen-bond acceptors (Lipinski definition) is 4. The Bertz CT molecular complexity index is 525. The fourth-order valence-corrected chi connectivity index (χ4v) is 2.83. The third-order valence-corrected chi connectivity index (χ3v) is 4.09. The first-order valence-electron chi connectivity index (χ1n) is 6.00. The van der Waals surface area contributed by atoms with Crippen LogP contribution in [0, 0.1) is 0 Å². The van der Waals surface area contributed by atoms with Gasteiger partial charge in [0, 0.05) is 10.9 Å². The number of benzene rings is 1. The molecule has 0 radical (unpaired) electrons. The summed E-state index contributed by atoms with van der Waals surface area (Å²) in [5.74, 6) is 1.68. The predicted molar refractivity (Wildman–Crippen MR) is 72.1 cm³/mol. The minimum atomic E-state index is 0.121. The van der Waals surface area contributed by atoms with Gasteiger partial charge in [-0.15, -0.1) is 11.3 Å². The molecule has 0 saturated heterocycles. The first-order valence-corrected chi connectivity index (χ1v) is 6.88. The molecular weight excluding hydrogens is 246 g/mol. The monoisotopic (exact) mass is 261 g/mol. The van der Waals surface area contributed by atoms with Crippen LogP contribution in [0.25, 0.3) is 0 Å². The molecule has 1 aliphatic heterocycles. The Morgan fingerprint density at radius 3 is 2.94 bits per heavy atom. The predicted octanol–water partition coefficient (Wildman–Crippen LogP) is 3.11. The van der Waals surface area contributed by atoms with Crippen molar-refractivity contribution in [1.82, 2.24) is 0 Å². The number of thiophene rings is 1. The molecule has 3 nitrogen and oxygen atoms in total. The van der Waals surface area contributed by atoms with E-state index in [4.69, 9.17) is 15.2 Å². The van der Waals surface area contributed by atoms with Gasteiger partial charge in [-0.05, 0) is 42.0 Å². The van der Waals surface area contributed by atoms with Gasteiger partial charge in [0.15, 0.2) is 11.5 Å². The lowest BCUT2D eigenvalue weighted by Crippen LogP contribution is -2.09. The molecule has 1 unspecified atom stereocenters. The second-order valence-corrected chi connectivity index (χ2v) is 5.33. The van der Waals surface area contributed by atoms with Crippen LogP contribution in [0.2, 0.25) is 0 Å². The highest BCUT2D eigenvalue weighted by Gasteiger charge is 2.14. The Labute approximate surface area is 110 Å². The molecule has 0 fully saturated rings. The van der Waals surface area contributed by atoms with E-state index < -0.39 is 0 Å². The van der Waals surface area contributed by atoms with Crippen molar-refractivity contribution in [2.75, 3.05) is 6.79 Å². The van der Waals surface area contributed by atoms with Crippen LogP contribution in [0.1, 0.15) is 22.9 Å². The first-order chi connectivity index (χ1) is 8.83. The maximum absolute atomic E-state index is 6.15. The van der Waals surface area contributed by atoms with Gasteiger partial charge in [0.2, 0.25) is 6.79 Å².